The summed E-state index contributed by atoms with van der Waals surface area (Å²) in [5.74, 6) is 0.299. The predicted octanol–water partition coefficient (Wildman–Crippen LogP) is 7.84. The second-order valence-electron chi connectivity index (χ2n) is 10.5. The van der Waals surface area contributed by atoms with Crippen LogP contribution in [0.1, 0.15) is 30.9 Å². The zero-order valence-electron chi connectivity index (χ0n) is 21.6. The van der Waals surface area contributed by atoms with E-state index in [4.69, 9.17) is 0 Å². The van der Waals surface area contributed by atoms with Crippen molar-refractivity contribution in [2.24, 2.45) is 0 Å². The van der Waals surface area contributed by atoms with E-state index in [-0.39, 0.29) is 5.16 Å². The van der Waals surface area contributed by atoms with Crippen molar-refractivity contribution < 1.29 is 0 Å². The van der Waals surface area contributed by atoms with Crippen LogP contribution in [-0.4, -0.2) is 14.0 Å². The van der Waals surface area contributed by atoms with Gasteiger partial charge in [0.2, 0.25) is 0 Å². The van der Waals surface area contributed by atoms with Crippen LogP contribution in [0.2, 0.25) is 13.1 Å². The van der Waals surface area contributed by atoms with Crippen LogP contribution in [-0.2, 0) is 0 Å². The van der Waals surface area contributed by atoms with Crippen LogP contribution in [0.5, 0.6) is 0 Å². The summed E-state index contributed by atoms with van der Waals surface area (Å²) in [4.78, 5) is 0. The van der Waals surface area contributed by atoms with Crippen molar-refractivity contribution in [2.75, 3.05) is 0 Å². The molecule has 0 nitrogen and oxygen atoms in total. The van der Waals surface area contributed by atoms with Crippen LogP contribution in [0.4, 0.5) is 0 Å². The molecule has 0 heterocycles. The Morgan fingerprint density at radius 3 is 2.00 bits per heavy atom. The van der Waals surface area contributed by atoms with Crippen LogP contribution in [0.3, 0.4) is 0 Å². The first-order valence-electron chi connectivity index (χ1n) is 13.0. The Kier molecular flexibility index (Phi) is 5.95. The van der Waals surface area contributed by atoms with Gasteiger partial charge in [0.15, 0.2) is 0 Å². The summed E-state index contributed by atoms with van der Waals surface area (Å²) >= 11 is 0. The fourth-order valence-electron chi connectivity index (χ4n) is 6.76. The summed E-state index contributed by atoms with van der Waals surface area (Å²) in [6.07, 6.45) is 12.4. The minimum atomic E-state index is -1.01. The molecule has 0 saturated carbocycles. The highest BCUT2D eigenvalue weighted by atomic mass is 31.1. The topological polar surface area (TPSA) is 0 Å². The number of benzene rings is 3. The Morgan fingerprint density at radius 2 is 1.36 bits per heavy atom. The average Bonchev–Trinajstić information content (AvgIpc) is 3.41. The molecule has 0 aromatic heterocycles. The molecular formula is C34H33PSi. The molecule has 0 bridgehead atoms. The molecule has 2 atom stereocenters. The highest BCUT2D eigenvalue weighted by molar-refractivity contribution is 7.75. The molecule has 3 aromatic carbocycles. The molecule has 2 heteroatoms. The van der Waals surface area contributed by atoms with Crippen molar-refractivity contribution in [3.05, 3.63) is 148 Å². The maximum absolute atomic E-state index is 2.58. The van der Waals surface area contributed by atoms with Crippen molar-refractivity contribution >= 4 is 33.4 Å². The molecule has 36 heavy (non-hydrogen) atoms. The van der Waals surface area contributed by atoms with E-state index < -0.39 is 16.7 Å². The standard InChI is InChI=1S/C34H33PSi/c1-24-22-26-14-11-12-19-29(26)32(24)34(21-13-20-30-31(34)23-25(2)33(30)36(3)4)35(27-15-7-5-8-16-27)28-17-9-6-10-18-28/h5-23,32,36H,1-4H3/t32-,34?/m1/s1. The number of fused-ring (bicyclic) bond motifs is 2. The summed E-state index contributed by atoms with van der Waals surface area (Å²) in [7, 11) is -1.76. The predicted molar refractivity (Wildman–Crippen MR) is 162 cm³/mol. The molecule has 3 aliphatic carbocycles. The monoisotopic (exact) mass is 500 g/mol. The molecule has 0 saturated heterocycles. The first kappa shape index (κ1) is 23.4. The van der Waals surface area contributed by atoms with E-state index in [1.165, 1.54) is 44.0 Å². The van der Waals surface area contributed by atoms with Gasteiger partial charge in [-0.3, -0.25) is 0 Å². The smallest absolute Gasteiger partial charge is 0.0658 e. The SMILES string of the molecule is CC1=Cc2ccccc2[C@@H]1C1(P(c2ccccc2)c2ccccc2)C=CC=C2C1=CC(C)=C2[SiH](C)C. The van der Waals surface area contributed by atoms with Gasteiger partial charge in [0.25, 0.3) is 0 Å². The molecule has 0 radical (unpaired) electrons. The van der Waals surface area contributed by atoms with Crippen molar-refractivity contribution in [2.45, 2.75) is 38.0 Å². The largest absolute Gasteiger partial charge is 0.0682 e. The molecule has 178 valence electrons. The molecule has 6 rings (SSSR count). The highest BCUT2D eigenvalue weighted by Gasteiger charge is 2.53. The lowest BCUT2D eigenvalue weighted by Gasteiger charge is -2.48. The van der Waals surface area contributed by atoms with Gasteiger partial charge in [-0.05, 0) is 54.7 Å². The quantitative estimate of drug-likeness (QED) is 0.247. The van der Waals surface area contributed by atoms with Gasteiger partial charge in [0, 0.05) is 5.92 Å². The normalized spacial score (nSPS) is 22.5. The van der Waals surface area contributed by atoms with E-state index in [1.54, 1.807) is 5.20 Å². The number of allylic oxidation sites excluding steroid dienone is 9. The van der Waals surface area contributed by atoms with Crippen LogP contribution < -0.4 is 10.6 Å². The molecule has 3 aromatic rings. The van der Waals surface area contributed by atoms with Gasteiger partial charge >= 0.3 is 0 Å². The van der Waals surface area contributed by atoms with Crippen molar-refractivity contribution in [1.82, 2.24) is 0 Å². The van der Waals surface area contributed by atoms with E-state index in [1.807, 2.05) is 0 Å². The van der Waals surface area contributed by atoms with E-state index >= 15 is 0 Å². The lowest BCUT2D eigenvalue weighted by Crippen LogP contribution is -2.42. The summed E-state index contributed by atoms with van der Waals surface area (Å²) in [5, 5.41) is 4.36. The third kappa shape index (κ3) is 3.52. The molecule has 0 amide bonds. The van der Waals surface area contributed by atoms with Gasteiger partial charge in [-0.25, -0.2) is 0 Å². The molecule has 0 aliphatic heterocycles. The number of rotatable bonds is 5. The molecular weight excluding hydrogens is 467 g/mol. The first-order chi connectivity index (χ1) is 17.5. The Morgan fingerprint density at radius 1 is 0.750 bits per heavy atom. The minimum Gasteiger partial charge on any atom is -0.0682 e. The summed E-state index contributed by atoms with van der Waals surface area (Å²) < 4.78 is 0. The van der Waals surface area contributed by atoms with Crippen molar-refractivity contribution in [3.8, 4) is 0 Å². The van der Waals surface area contributed by atoms with Crippen molar-refractivity contribution in [1.29, 1.82) is 0 Å². The minimum absolute atomic E-state index is 0.165. The molecule has 3 aliphatic rings. The lowest BCUT2D eigenvalue weighted by atomic mass is 9.74. The average molecular weight is 501 g/mol. The fourth-order valence-corrected chi connectivity index (χ4v) is 12.0. The second-order valence-corrected chi connectivity index (χ2v) is 15.9. The van der Waals surface area contributed by atoms with Crippen LogP contribution >= 0.6 is 7.92 Å². The maximum Gasteiger partial charge on any atom is 0.0658 e. The molecule has 0 fully saturated rings. The Balaban J connectivity index is 1.68. The number of hydrogen-bond acceptors (Lipinski definition) is 0. The van der Waals surface area contributed by atoms with Crippen LogP contribution in [0.15, 0.2) is 137 Å². The van der Waals surface area contributed by atoms with E-state index in [9.17, 15) is 0 Å². The van der Waals surface area contributed by atoms with Gasteiger partial charge in [0.1, 0.15) is 0 Å². The highest BCUT2D eigenvalue weighted by Crippen LogP contribution is 2.66. The third-order valence-corrected chi connectivity index (χ3v) is 12.9. The number of hydrogen-bond donors (Lipinski definition) is 0. The van der Waals surface area contributed by atoms with Crippen molar-refractivity contribution in [3.63, 3.8) is 0 Å². The Bertz CT molecular complexity index is 1430. The lowest BCUT2D eigenvalue weighted by molar-refractivity contribution is 0.695. The van der Waals surface area contributed by atoms with Gasteiger partial charge < -0.3 is 0 Å². The van der Waals surface area contributed by atoms with Gasteiger partial charge in [-0.15, -0.1) is 0 Å². The van der Waals surface area contributed by atoms with Crippen LogP contribution in [0.25, 0.3) is 6.08 Å². The first-order valence-corrected chi connectivity index (χ1v) is 17.3. The maximum atomic E-state index is 2.58. The Hall–Kier alpha value is -2.99. The molecule has 0 N–H and O–H groups in total. The Labute approximate surface area is 218 Å². The van der Waals surface area contributed by atoms with Gasteiger partial charge in [-0.1, -0.05) is 145 Å². The van der Waals surface area contributed by atoms with E-state index in [0.29, 0.717) is 5.92 Å². The van der Waals surface area contributed by atoms with E-state index in [2.05, 4.69) is 142 Å². The van der Waals surface area contributed by atoms with E-state index in [0.717, 1.165) is 0 Å². The zero-order chi connectivity index (χ0) is 24.9. The fraction of sp³-hybridized carbons (Fsp3) is 0.176. The molecule has 0 spiro atoms. The third-order valence-electron chi connectivity index (χ3n) is 7.97. The molecule has 1 unspecified atom stereocenters. The summed E-state index contributed by atoms with van der Waals surface area (Å²) in [6, 6.07) is 31.7. The summed E-state index contributed by atoms with van der Waals surface area (Å²) in [5.41, 5.74) is 8.83. The van der Waals surface area contributed by atoms with Crippen LogP contribution in [0, 0.1) is 0 Å². The zero-order valence-corrected chi connectivity index (χ0v) is 23.6. The van der Waals surface area contributed by atoms with Gasteiger partial charge in [-0.2, -0.15) is 0 Å². The summed E-state index contributed by atoms with van der Waals surface area (Å²) in [6.45, 7) is 9.65. The van der Waals surface area contributed by atoms with Gasteiger partial charge in [0.05, 0.1) is 14.0 Å². The second kappa shape index (κ2) is 9.15.